The molecular formula is C18H20Cl2FN2O3-. The summed E-state index contributed by atoms with van der Waals surface area (Å²) in [5, 5.41) is 3.63. The predicted molar refractivity (Wildman–Crippen MR) is 94.5 cm³/mol. The molecule has 2 aromatic rings. The summed E-state index contributed by atoms with van der Waals surface area (Å²) >= 11 is 6.20. The third-order valence-electron chi connectivity index (χ3n) is 3.48. The maximum absolute atomic E-state index is 12.9. The van der Waals surface area contributed by atoms with Gasteiger partial charge in [-0.25, -0.2) is 4.39 Å². The maximum atomic E-state index is 12.9. The number of primary amides is 1. The first-order chi connectivity index (χ1) is 12.0. The summed E-state index contributed by atoms with van der Waals surface area (Å²) < 4.78 is 23.4. The van der Waals surface area contributed by atoms with Gasteiger partial charge in [0, 0.05) is 6.54 Å². The average Bonchev–Trinajstić information content (AvgIpc) is 2.58. The highest BCUT2D eigenvalue weighted by Gasteiger charge is 2.13. The molecule has 1 amide bonds. The highest BCUT2D eigenvalue weighted by Crippen LogP contribution is 2.36. The van der Waals surface area contributed by atoms with Crippen molar-refractivity contribution in [2.24, 2.45) is 5.73 Å². The maximum Gasteiger partial charge on any atom is 0.255 e. The van der Waals surface area contributed by atoms with Crippen LogP contribution in [-0.2, 0) is 17.8 Å². The molecule has 142 valence electrons. The second kappa shape index (κ2) is 10.9. The summed E-state index contributed by atoms with van der Waals surface area (Å²) in [5.74, 6) is -0.108. The minimum atomic E-state index is -0.593. The van der Waals surface area contributed by atoms with E-state index in [9.17, 15) is 9.18 Å². The third kappa shape index (κ3) is 6.71. The highest BCUT2D eigenvalue weighted by atomic mass is 35.5. The first kappa shape index (κ1) is 22.0. The van der Waals surface area contributed by atoms with Gasteiger partial charge in [-0.15, -0.1) is 0 Å². The number of benzene rings is 2. The van der Waals surface area contributed by atoms with Gasteiger partial charge in [0.25, 0.3) is 5.91 Å². The fourth-order valence-electron chi connectivity index (χ4n) is 2.28. The minimum Gasteiger partial charge on any atom is -1.00 e. The Hall–Kier alpha value is -2.02. The van der Waals surface area contributed by atoms with Crippen LogP contribution in [0.4, 0.5) is 4.39 Å². The van der Waals surface area contributed by atoms with E-state index in [-0.39, 0.29) is 30.6 Å². The number of halogens is 3. The Morgan fingerprint density at radius 2 is 1.92 bits per heavy atom. The fraction of sp³-hybridized carbons (Fsp3) is 0.278. The van der Waals surface area contributed by atoms with Gasteiger partial charge >= 0.3 is 0 Å². The van der Waals surface area contributed by atoms with Gasteiger partial charge < -0.3 is 32.9 Å². The van der Waals surface area contributed by atoms with Crippen molar-refractivity contribution in [3.63, 3.8) is 0 Å². The zero-order chi connectivity index (χ0) is 18.2. The largest absolute Gasteiger partial charge is 1.00 e. The molecule has 8 heteroatoms. The molecule has 0 aliphatic carbocycles. The molecule has 3 N–H and O–H groups in total. The van der Waals surface area contributed by atoms with Crippen molar-refractivity contribution < 1.29 is 31.1 Å². The molecule has 0 radical (unpaired) electrons. The topological polar surface area (TPSA) is 73.6 Å². The van der Waals surface area contributed by atoms with Crippen molar-refractivity contribution in [3.8, 4) is 11.5 Å². The van der Waals surface area contributed by atoms with Gasteiger partial charge in [-0.3, -0.25) is 4.79 Å². The molecule has 0 spiro atoms. The van der Waals surface area contributed by atoms with E-state index in [1.54, 1.807) is 24.3 Å². The number of carbonyl (C=O) groups is 1. The lowest BCUT2D eigenvalue weighted by Crippen LogP contribution is -3.00. The Morgan fingerprint density at radius 3 is 2.54 bits per heavy atom. The Kier molecular flexibility index (Phi) is 9.19. The number of rotatable bonds is 9. The number of nitrogens with one attached hydrogen (secondary N) is 1. The van der Waals surface area contributed by atoms with Crippen molar-refractivity contribution in [3.05, 3.63) is 58.4 Å². The van der Waals surface area contributed by atoms with Crippen LogP contribution in [0, 0.1) is 5.82 Å². The Labute approximate surface area is 163 Å². The van der Waals surface area contributed by atoms with Crippen molar-refractivity contribution in [1.29, 1.82) is 0 Å². The molecule has 2 aromatic carbocycles. The normalized spacial score (nSPS) is 10.1. The lowest BCUT2D eigenvalue weighted by molar-refractivity contribution is -0.119. The van der Waals surface area contributed by atoms with Crippen molar-refractivity contribution >= 4 is 17.5 Å². The van der Waals surface area contributed by atoms with Gasteiger partial charge in [0.05, 0.1) is 12.1 Å². The van der Waals surface area contributed by atoms with E-state index in [2.05, 4.69) is 5.32 Å². The number of carbonyl (C=O) groups excluding carboxylic acids is 1. The van der Waals surface area contributed by atoms with Gasteiger partial charge in [0.2, 0.25) is 0 Å². The van der Waals surface area contributed by atoms with Crippen molar-refractivity contribution in [2.45, 2.75) is 13.0 Å². The summed E-state index contributed by atoms with van der Waals surface area (Å²) in [6.07, 6.45) is 0.783. The first-order valence-corrected chi connectivity index (χ1v) is 8.10. The lowest BCUT2D eigenvalue weighted by atomic mass is 10.1. The van der Waals surface area contributed by atoms with Crippen LogP contribution in [-0.4, -0.2) is 26.2 Å². The van der Waals surface area contributed by atoms with Crippen LogP contribution in [0.2, 0.25) is 5.02 Å². The van der Waals surface area contributed by atoms with E-state index in [4.69, 9.17) is 26.8 Å². The summed E-state index contributed by atoms with van der Waals surface area (Å²) in [5.41, 5.74) is 7.04. The van der Waals surface area contributed by atoms with E-state index >= 15 is 0 Å². The van der Waals surface area contributed by atoms with Gasteiger partial charge in [-0.2, -0.15) is 0 Å². The van der Waals surface area contributed by atoms with Crippen LogP contribution >= 0.6 is 11.6 Å². The molecule has 0 aliphatic rings. The molecule has 0 fully saturated rings. The highest BCUT2D eigenvalue weighted by molar-refractivity contribution is 6.32. The van der Waals surface area contributed by atoms with Crippen LogP contribution < -0.4 is 32.9 Å². The van der Waals surface area contributed by atoms with Crippen LogP contribution in [0.3, 0.4) is 0 Å². The molecule has 0 atom stereocenters. The molecule has 2 rings (SSSR count). The molecule has 0 heterocycles. The molecular weight excluding hydrogens is 382 g/mol. The number of methoxy groups -OCH3 is 1. The number of amides is 1. The van der Waals surface area contributed by atoms with E-state index < -0.39 is 5.91 Å². The van der Waals surface area contributed by atoms with Gasteiger partial charge in [0.15, 0.2) is 18.1 Å². The zero-order valence-electron chi connectivity index (χ0n) is 14.2. The van der Waals surface area contributed by atoms with E-state index in [1.165, 1.54) is 19.2 Å². The third-order valence-corrected chi connectivity index (χ3v) is 3.76. The quantitative estimate of drug-likeness (QED) is 0.565. The molecule has 0 saturated heterocycles. The monoisotopic (exact) mass is 401 g/mol. The number of hydrogen-bond donors (Lipinski definition) is 2. The van der Waals surface area contributed by atoms with Crippen LogP contribution in [0.1, 0.15) is 11.1 Å². The smallest absolute Gasteiger partial charge is 0.255 e. The average molecular weight is 402 g/mol. The molecule has 0 bridgehead atoms. The standard InChI is InChI=1S/C18H20ClFN2O3.ClH/c1-24-16-9-13(8-15(19)18(16)25-11-17(21)23)10-22-7-6-12-2-4-14(20)5-3-12;/h2-5,8-9,22H,6-7,10-11H2,1H3,(H2,21,23);1H/p-1. The first-order valence-electron chi connectivity index (χ1n) is 7.72. The number of nitrogens with two attached hydrogens (primary N) is 1. The second-order valence-electron chi connectivity index (χ2n) is 5.42. The molecule has 0 aromatic heterocycles. The van der Waals surface area contributed by atoms with Crippen LogP contribution in [0.5, 0.6) is 11.5 Å². The second-order valence-corrected chi connectivity index (χ2v) is 5.82. The van der Waals surface area contributed by atoms with Gasteiger partial charge in [-0.1, -0.05) is 23.7 Å². The molecule has 0 saturated carbocycles. The van der Waals surface area contributed by atoms with Crippen LogP contribution in [0.25, 0.3) is 0 Å². The molecule has 0 unspecified atom stereocenters. The summed E-state index contributed by atoms with van der Waals surface area (Å²) in [7, 11) is 1.49. The summed E-state index contributed by atoms with van der Waals surface area (Å²) in [4.78, 5) is 10.8. The lowest BCUT2D eigenvalue weighted by Gasteiger charge is -2.14. The van der Waals surface area contributed by atoms with Gasteiger partial charge in [-0.05, 0) is 48.4 Å². The predicted octanol–water partition coefficient (Wildman–Crippen LogP) is -0.312. The minimum absolute atomic E-state index is 0. The molecule has 0 aliphatic heterocycles. The SMILES string of the molecule is COc1cc(CNCCc2ccc(F)cc2)cc(Cl)c1OCC(N)=O.[Cl-]. The van der Waals surface area contributed by atoms with E-state index in [1.807, 2.05) is 0 Å². The van der Waals surface area contributed by atoms with E-state index in [0.29, 0.717) is 17.3 Å². The summed E-state index contributed by atoms with van der Waals surface area (Å²) in [6.45, 7) is 1.03. The number of ether oxygens (including phenoxy) is 2. The van der Waals surface area contributed by atoms with E-state index in [0.717, 1.165) is 24.1 Å². The number of hydrogen-bond acceptors (Lipinski definition) is 4. The Morgan fingerprint density at radius 1 is 1.23 bits per heavy atom. The zero-order valence-corrected chi connectivity index (χ0v) is 15.7. The van der Waals surface area contributed by atoms with Crippen molar-refractivity contribution in [1.82, 2.24) is 5.32 Å². The van der Waals surface area contributed by atoms with Crippen LogP contribution in [0.15, 0.2) is 36.4 Å². The molecule has 26 heavy (non-hydrogen) atoms. The molecule has 5 nitrogen and oxygen atoms in total. The Bertz CT molecular complexity index is 727. The fourth-order valence-corrected chi connectivity index (χ4v) is 2.56. The van der Waals surface area contributed by atoms with Crippen molar-refractivity contribution in [2.75, 3.05) is 20.3 Å². The Balaban J connectivity index is 0.00000338. The van der Waals surface area contributed by atoms with Gasteiger partial charge in [0.1, 0.15) is 5.82 Å². The summed E-state index contributed by atoms with van der Waals surface area (Å²) in [6, 6.07) is 9.96.